The van der Waals surface area contributed by atoms with E-state index in [-0.39, 0.29) is 12.5 Å². The first kappa shape index (κ1) is 31.0. The van der Waals surface area contributed by atoms with Gasteiger partial charge in [0.2, 0.25) is 0 Å². The molecule has 220 valence electrons. The molecule has 0 aliphatic carbocycles. The van der Waals surface area contributed by atoms with Crippen molar-refractivity contribution >= 4 is 28.6 Å². The summed E-state index contributed by atoms with van der Waals surface area (Å²) < 4.78 is 58.9. The van der Waals surface area contributed by atoms with Crippen LogP contribution >= 0.6 is 22.6 Å². The molecule has 4 rings (SSSR count). The average molecular weight is 685 g/mol. The number of hydrogen-bond acceptors (Lipinski definition) is 4. The smallest absolute Gasteiger partial charge is 0.428 e. The van der Waals surface area contributed by atoms with Gasteiger partial charge in [-0.3, -0.25) is 4.98 Å². The van der Waals surface area contributed by atoms with Crippen LogP contribution in [0.2, 0.25) is 0 Å². The number of amides is 2. The van der Waals surface area contributed by atoms with Crippen molar-refractivity contribution in [2.24, 2.45) is 0 Å². The second kappa shape index (κ2) is 13.4. The lowest BCUT2D eigenvalue weighted by molar-refractivity contribution is -0.253. The third-order valence-corrected chi connectivity index (χ3v) is 7.87. The number of rotatable bonds is 10. The van der Waals surface area contributed by atoms with Gasteiger partial charge in [-0.15, -0.1) is 0 Å². The minimum Gasteiger partial charge on any atom is -0.428 e. The molecular weight excluding hydrogens is 651 g/mol. The van der Waals surface area contributed by atoms with Crippen molar-refractivity contribution in [2.45, 2.75) is 63.3 Å². The van der Waals surface area contributed by atoms with Gasteiger partial charge in [-0.1, -0.05) is 42.5 Å². The molecule has 41 heavy (non-hydrogen) atoms. The predicted molar refractivity (Wildman–Crippen MR) is 157 cm³/mol. The van der Waals surface area contributed by atoms with Crippen LogP contribution in [0.3, 0.4) is 0 Å². The maximum Gasteiger partial charge on any atom is 0.461 e. The number of urea groups is 1. The van der Waals surface area contributed by atoms with Crippen LogP contribution in [0.25, 0.3) is 0 Å². The van der Waals surface area contributed by atoms with Crippen LogP contribution in [0, 0.1) is 3.57 Å². The Labute approximate surface area is 251 Å². The molecule has 0 radical (unpaired) electrons. The number of pyridine rings is 1. The fourth-order valence-electron chi connectivity index (χ4n) is 5.05. The van der Waals surface area contributed by atoms with Gasteiger partial charge in [0.15, 0.2) is 0 Å². The summed E-state index contributed by atoms with van der Waals surface area (Å²) in [6.07, 6.45) is -5.28. The van der Waals surface area contributed by atoms with Crippen molar-refractivity contribution in [3.05, 3.63) is 93.3 Å². The highest BCUT2D eigenvalue weighted by Gasteiger charge is 2.45. The van der Waals surface area contributed by atoms with E-state index in [2.05, 4.69) is 61.7 Å². The van der Waals surface area contributed by atoms with E-state index >= 15 is 0 Å². The molecule has 2 amide bonds. The Morgan fingerprint density at radius 2 is 1.78 bits per heavy atom. The molecule has 0 bridgehead atoms. The summed E-state index contributed by atoms with van der Waals surface area (Å²) in [6, 6.07) is 18.3. The number of carbonyl (C=O) groups excluding carboxylic acids is 1. The highest BCUT2D eigenvalue weighted by atomic mass is 127. The van der Waals surface area contributed by atoms with Crippen molar-refractivity contribution < 1.29 is 27.1 Å². The molecule has 0 unspecified atom stereocenters. The quantitative estimate of drug-likeness (QED) is 0.187. The van der Waals surface area contributed by atoms with Crippen molar-refractivity contribution in [1.29, 1.82) is 0 Å². The third-order valence-electron chi connectivity index (χ3n) is 7.23. The van der Waals surface area contributed by atoms with E-state index in [4.69, 9.17) is 0 Å². The van der Waals surface area contributed by atoms with Crippen molar-refractivity contribution in [3.8, 4) is 5.75 Å². The largest absolute Gasteiger partial charge is 0.461 e. The first-order valence-electron chi connectivity index (χ1n) is 13.4. The number of likely N-dealkylation sites (tertiary alicyclic amines) is 1. The summed E-state index contributed by atoms with van der Waals surface area (Å²) in [6.45, 7) is 5.99. The van der Waals surface area contributed by atoms with Gasteiger partial charge in [-0.05, 0) is 84.7 Å². The summed E-state index contributed by atoms with van der Waals surface area (Å²) >= 11 is 2.12. The molecule has 1 aliphatic rings. The van der Waals surface area contributed by atoms with Gasteiger partial charge in [0.05, 0.1) is 5.69 Å². The van der Waals surface area contributed by atoms with Gasteiger partial charge in [0, 0.05) is 41.4 Å². The maximum atomic E-state index is 13.9. The van der Waals surface area contributed by atoms with Crippen LogP contribution in [0.5, 0.6) is 5.75 Å². The number of hydrogen-bond donors (Lipinski definition) is 2. The fraction of sp³-hybridized carbons (Fsp3) is 0.400. The number of benzene rings is 2. The molecular formula is C30H33F4IN4O2. The lowest BCUT2D eigenvalue weighted by Crippen LogP contribution is -2.56. The lowest BCUT2D eigenvalue weighted by Gasteiger charge is -2.38. The normalized spacial score (nSPS) is 16.4. The highest BCUT2D eigenvalue weighted by molar-refractivity contribution is 14.1. The third kappa shape index (κ3) is 7.88. The molecule has 2 N–H and O–H groups in total. The SMILES string of the molecule is CC(C)N1CCC(NC(=O)N[C@@](Cc2ccccc2)(c2cccc(OC(F)(F)C(F)F)c2)c2ccc(I)cn2)CC1. The first-order valence-corrected chi connectivity index (χ1v) is 14.5. The molecule has 2 aromatic carbocycles. The first-order chi connectivity index (χ1) is 19.5. The summed E-state index contributed by atoms with van der Waals surface area (Å²) in [5.74, 6) is -0.459. The number of nitrogens with one attached hydrogen (secondary N) is 2. The van der Waals surface area contributed by atoms with E-state index in [9.17, 15) is 22.4 Å². The van der Waals surface area contributed by atoms with Crippen LogP contribution < -0.4 is 15.4 Å². The van der Waals surface area contributed by atoms with E-state index in [1.807, 2.05) is 36.4 Å². The summed E-state index contributed by atoms with van der Waals surface area (Å²) in [5, 5.41) is 6.19. The highest BCUT2D eigenvalue weighted by Crippen LogP contribution is 2.36. The fourth-order valence-corrected chi connectivity index (χ4v) is 5.37. The van der Waals surface area contributed by atoms with Gasteiger partial charge >= 0.3 is 18.6 Å². The zero-order valence-electron chi connectivity index (χ0n) is 22.8. The molecule has 2 heterocycles. The maximum absolute atomic E-state index is 13.9. The van der Waals surface area contributed by atoms with Crippen molar-refractivity contribution in [2.75, 3.05) is 13.1 Å². The van der Waals surface area contributed by atoms with Gasteiger partial charge in [0.25, 0.3) is 0 Å². The molecule has 1 saturated heterocycles. The van der Waals surface area contributed by atoms with Crippen LogP contribution in [0.1, 0.15) is 43.5 Å². The monoisotopic (exact) mass is 684 g/mol. The van der Waals surface area contributed by atoms with E-state index in [1.54, 1.807) is 18.3 Å². The summed E-state index contributed by atoms with van der Waals surface area (Å²) in [5.41, 5.74) is 0.280. The molecule has 11 heteroatoms. The topological polar surface area (TPSA) is 66.5 Å². The van der Waals surface area contributed by atoms with E-state index in [0.29, 0.717) is 17.3 Å². The number of ether oxygens (including phenoxy) is 1. The molecule has 6 nitrogen and oxygen atoms in total. The second-order valence-corrected chi connectivity index (χ2v) is 11.7. The number of aromatic nitrogens is 1. The number of piperidine rings is 1. The molecule has 1 atom stereocenters. The second-order valence-electron chi connectivity index (χ2n) is 10.4. The predicted octanol–water partition coefficient (Wildman–Crippen LogP) is 6.58. The van der Waals surface area contributed by atoms with Crippen molar-refractivity contribution in [1.82, 2.24) is 20.5 Å². The van der Waals surface area contributed by atoms with E-state index in [1.165, 1.54) is 18.2 Å². The van der Waals surface area contributed by atoms with Crippen LogP contribution in [0.15, 0.2) is 72.9 Å². The Balaban J connectivity index is 1.74. The standard InChI is InChI=1S/C30H33F4IN4O2/c1-20(2)39-15-13-24(14-16-39)37-28(40)38-29(18-21-7-4-3-5-8-21,26-12-11-23(35)19-36-26)22-9-6-10-25(17-22)41-30(33,34)27(31)32/h3-12,17,19-20,24,27H,13-16,18H2,1-2H3,(H2,37,38,40)/t29-/m0/s1. The molecule has 0 saturated carbocycles. The summed E-state index contributed by atoms with van der Waals surface area (Å²) in [4.78, 5) is 20.6. The Kier molecular flexibility index (Phi) is 10.1. The van der Waals surface area contributed by atoms with Gasteiger partial charge in [0.1, 0.15) is 11.3 Å². The Hall–Kier alpha value is -2.93. The Bertz CT molecular complexity index is 1290. The number of nitrogens with zero attached hydrogens (tertiary/aromatic N) is 2. The molecule has 1 aliphatic heterocycles. The molecule has 1 fully saturated rings. The molecule has 0 spiro atoms. The minimum absolute atomic E-state index is 0.0523. The Morgan fingerprint density at radius 1 is 1.07 bits per heavy atom. The summed E-state index contributed by atoms with van der Waals surface area (Å²) in [7, 11) is 0. The van der Waals surface area contributed by atoms with Gasteiger partial charge < -0.3 is 20.3 Å². The number of carbonyl (C=O) groups is 1. The van der Waals surface area contributed by atoms with Crippen LogP contribution in [0.4, 0.5) is 22.4 Å². The molecule has 1 aromatic heterocycles. The minimum atomic E-state index is -4.68. The van der Waals surface area contributed by atoms with Crippen LogP contribution in [-0.4, -0.2) is 53.6 Å². The van der Waals surface area contributed by atoms with Crippen LogP contribution in [-0.2, 0) is 12.0 Å². The number of alkyl halides is 4. The van der Waals surface area contributed by atoms with E-state index < -0.39 is 29.9 Å². The zero-order chi connectivity index (χ0) is 29.6. The Morgan fingerprint density at radius 3 is 2.39 bits per heavy atom. The average Bonchev–Trinajstić information content (AvgIpc) is 2.93. The molecule has 3 aromatic rings. The van der Waals surface area contributed by atoms with Gasteiger partial charge in [-0.25, -0.2) is 4.79 Å². The number of halogens is 5. The zero-order valence-corrected chi connectivity index (χ0v) is 25.0. The van der Waals surface area contributed by atoms with Crippen molar-refractivity contribution in [3.63, 3.8) is 0 Å². The van der Waals surface area contributed by atoms with Gasteiger partial charge in [-0.2, -0.15) is 17.6 Å². The van der Waals surface area contributed by atoms with E-state index in [0.717, 1.165) is 35.1 Å². The lowest BCUT2D eigenvalue weighted by atomic mass is 9.80.